The maximum atomic E-state index is 12.9. The minimum atomic E-state index is -0.0845. The maximum Gasteiger partial charge on any atom is 0.262 e. The molecule has 0 radical (unpaired) electrons. The Morgan fingerprint density at radius 3 is 2.59 bits per heavy atom. The van der Waals surface area contributed by atoms with Crippen molar-refractivity contribution in [2.75, 3.05) is 5.75 Å². The molecule has 0 saturated carbocycles. The second-order valence-electron chi connectivity index (χ2n) is 6.99. The summed E-state index contributed by atoms with van der Waals surface area (Å²) >= 11 is 4.72. The van der Waals surface area contributed by atoms with Gasteiger partial charge in [0.2, 0.25) is 5.91 Å². The number of hydrogen-bond donors (Lipinski definition) is 0. The normalized spacial score (nSPS) is 11.2. The third-order valence-electron chi connectivity index (χ3n) is 4.66. The van der Waals surface area contributed by atoms with Crippen molar-refractivity contribution in [2.45, 2.75) is 45.1 Å². The average molecular weight is 474 g/mol. The van der Waals surface area contributed by atoms with Crippen molar-refractivity contribution in [1.29, 1.82) is 0 Å². The standard InChI is InChI=1S/C22H24BrN3O2S/c1-4-25-21(28)18-12-17(23)10-11-19(18)24-22(25)29-14-20(27)26(15(2)3)13-16-8-6-5-7-9-16/h5-12,15H,4,13-14H2,1-3H3. The van der Waals surface area contributed by atoms with Crippen LogP contribution in [0.4, 0.5) is 0 Å². The molecule has 0 aliphatic carbocycles. The minimum Gasteiger partial charge on any atom is -0.335 e. The molecular formula is C22H24BrN3O2S. The quantitative estimate of drug-likeness (QED) is 0.368. The number of aromatic nitrogens is 2. The van der Waals surface area contributed by atoms with Crippen LogP contribution in [0.1, 0.15) is 26.3 Å². The van der Waals surface area contributed by atoms with Gasteiger partial charge in [0.25, 0.3) is 5.56 Å². The molecular weight excluding hydrogens is 450 g/mol. The summed E-state index contributed by atoms with van der Waals surface area (Å²) in [6.07, 6.45) is 0. The van der Waals surface area contributed by atoms with E-state index < -0.39 is 0 Å². The second-order valence-corrected chi connectivity index (χ2v) is 8.85. The Morgan fingerprint density at radius 2 is 1.93 bits per heavy atom. The van der Waals surface area contributed by atoms with Crippen molar-refractivity contribution in [3.05, 3.63) is 68.9 Å². The van der Waals surface area contributed by atoms with Crippen LogP contribution in [0.5, 0.6) is 0 Å². The van der Waals surface area contributed by atoms with Crippen LogP contribution < -0.4 is 5.56 Å². The first-order valence-corrected chi connectivity index (χ1v) is 11.3. The number of fused-ring (bicyclic) bond motifs is 1. The lowest BCUT2D eigenvalue weighted by Crippen LogP contribution is -2.37. The first kappa shape index (κ1) is 21.6. The lowest BCUT2D eigenvalue weighted by atomic mass is 10.2. The number of carbonyl (C=O) groups is 1. The summed E-state index contributed by atoms with van der Waals surface area (Å²) in [5.41, 5.74) is 1.65. The van der Waals surface area contributed by atoms with Crippen LogP contribution in [0.3, 0.4) is 0 Å². The smallest absolute Gasteiger partial charge is 0.262 e. The predicted molar refractivity (Wildman–Crippen MR) is 122 cm³/mol. The van der Waals surface area contributed by atoms with Gasteiger partial charge in [-0.2, -0.15) is 0 Å². The molecule has 29 heavy (non-hydrogen) atoms. The first-order valence-electron chi connectivity index (χ1n) is 9.57. The molecule has 0 atom stereocenters. The van der Waals surface area contributed by atoms with Crippen molar-refractivity contribution in [1.82, 2.24) is 14.5 Å². The lowest BCUT2D eigenvalue weighted by Gasteiger charge is -2.27. The SMILES string of the molecule is CCn1c(SCC(=O)N(Cc2ccccc2)C(C)C)nc2ccc(Br)cc2c1=O. The van der Waals surface area contributed by atoms with Gasteiger partial charge in [-0.1, -0.05) is 58.0 Å². The Kier molecular flexibility index (Phi) is 7.14. The molecule has 3 aromatic rings. The molecule has 0 bridgehead atoms. The number of hydrogen-bond acceptors (Lipinski definition) is 4. The Hall–Kier alpha value is -2.12. The van der Waals surface area contributed by atoms with Gasteiger partial charge in [0, 0.05) is 23.6 Å². The van der Waals surface area contributed by atoms with Crippen LogP contribution in [-0.4, -0.2) is 32.2 Å². The summed E-state index contributed by atoms with van der Waals surface area (Å²) in [5.74, 6) is 0.265. The summed E-state index contributed by atoms with van der Waals surface area (Å²) < 4.78 is 2.47. The van der Waals surface area contributed by atoms with Gasteiger partial charge in [-0.05, 0) is 44.5 Å². The van der Waals surface area contributed by atoms with E-state index in [1.807, 2.05) is 68.1 Å². The number of carbonyl (C=O) groups excluding carboxylic acids is 1. The fraction of sp³-hybridized carbons (Fsp3) is 0.318. The van der Waals surface area contributed by atoms with Crippen LogP contribution in [0.25, 0.3) is 10.9 Å². The zero-order chi connectivity index (χ0) is 21.0. The number of halogens is 1. The van der Waals surface area contributed by atoms with Crippen LogP contribution in [0, 0.1) is 0 Å². The molecule has 3 rings (SSSR count). The predicted octanol–water partition coefficient (Wildman–Crippen LogP) is 4.71. The summed E-state index contributed by atoms with van der Waals surface area (Å²) in [6.45, 7) is 7.01. The fourth-order valence-electron chi connectivity index (χ4n) is 3.11. The van der Waals surface area contributed by atoms with E-state index in [-0.39, 0.29) is 23.3 Å². The van der Waals surface area contributed by atoms with Crippen molar-refractivity contribution in [3.63, 3.8) is 0 Å². The van der Waals surface area contributed by atoms with E-state index in [0.717, 1.165) is 10.0 Å². The fourth-order valence-corrected chi connectivity index (χ4v) is 4.42. The van der Waals surface area contributed by atoms with Crippen molar-refractivity contribution < 1.29 is 4.79 Å². The Balaban J connectivity index is 1.82. The maximum absolute atomic E-state index is 12.9. The van der Waals surface area contributed by atoms with Gasteiger partial charge in [-0.25, -0.2) is 4.98 Å². The Morgan fingerprint density at radius 1 is 1.21 bits per heavy atom. The van der Waals surface area contributed by atoms with Gasteiger partial charge in [0.1, 0.15) is 0 Å². The van der Waals surface area contributed by atoms with Crippen molar-refractivity contribution in [2.24, 2.45) is 0 Å². The van der Waals surface area contributed by atoms with Gasteiger partial charge in [-0.15, -0.1) is 0 Å². The molecule has 1 aromatic heterocycles. The van der Waals surface area contributed by atoms with E-state index in [0.29, 0.717) is 29.1 Å². The van der Waals surface area contributed by atoms with Crippen molar-refractivity contribution >= 4 is 44.5 Å². The molecule has 0 spiro atoms. The third kappa shape index (κ3) is 5.08. The van der Waals surface area contributed by atoms with E-state index in [4.69, 9.17) is 0 Å². The highest BCUT2D eigenvalue weighted by molar-refractivity contribution is 9.10. The zero-order valence-electron chi connectivity index (χ0n) is 16.8. The van der Waals surface area contributed by atoms with Gasteiger partial charge < -0.3 is 4.90 Å². The summed E-state index contributed by atoms with van der Waals surface area (Å²) in [4.78, 5) is 32.3. The van der Waals surface area contributed by atoms with Gasteiger partial charge in [-0.3, -0.25) is 14.2 Å². The van der Waals surface area contributed by atoms with Crippen LogP contribution in [-0.2, 0) is 17.9 Å². The number of benzene rings is 2. The number of rotatable bonds is 7. The molecule has 0 unspecified atom stereocenters. The molecule has 2 aromatic carbocycles. The molecule has 0 aliphatic rings. The second kappa shape index (κ2) is 9.59. The van der Waals surface area contributed by atoms with E-state index in [1.165, 1.54) is 11.8 Å². The largest absolute Gasteiger partial charge is 0.335 e. The van der Waals surface area contributed by atoms with Crippen LogP contribution >= 0.6 is 27.7 Å². The molecule has 1 amide bonds. The Labute approximate surface area is 183 Å². The number of thioether (sulfide) groups is 1. The summed E-state index contributed by atoms with van der Waals surface area (Å²) in [5, 5.41) is 1.15. The molecule has 152 valence electrons. The van der Waals surface area contributed by atoms with E-state index in [9.17, 15) is 9.59 Å². The number of nitrogens with zero attached hydrogens (tertiary/aromatic N) is 3. The Bertz CT molecular complexity index is 1070. The van der Waals surface area contributed by atoms with E-state index >= 15 is 0 Å². The van der Waals surface area contributed by atoms with Crippen LogP contribution in [0.2, 0.25) is 0 Å². The monoisotopic (exact) mass is 473 g/mol. The molecule has 1 heterocycles. The minimum absolute atomic E-state index is 0.0293. The lowest BCUT2D eigenvalue weighted by molar-refractivity contribution is -0.130. The summed E-state index contributed by atoms with van der Waals surface area (Å²) in [7, 11) is 0. The topological polar surface area (TPSA) is 55.2 Å². The third-order valence-corrected chi connectivity index (χ3v) is 6.12. The molecule has 7 heteroatoms. The molecule has 0 N–H and O–H groups in total. The molecule has 5 nitrogen and oxygen atoms in total. The van der Waals surface area contributed by atoms with Crippen molar-refractivity contribution in [3.8, 4) is 0 Å². The highest BCUT2D eigenvalue weighted by atomic mass is 79.9. The van der Waals surface area contributed by atoms with E-state index in [1.54, 1.807) is 10.6 Å². The van der Waals surface area contributed by atoms with Gasteiger partial charge >= 0.3 is 0 Å². The van der Waals surface area contributed by atoms with Gasteiger partial charge in [0.15, 0.2) is 5.16 Å². The highest BCUT2D eigenvalue weighted by Gasteiger charge is 2.19. The first-order chi connectivity index (χ1) is 13.9. The highest BCUT2D eigenvalue weighted by Crippen LogP contribution is 2.21. The molecule has 0 saturated heterocycles. The molecule has 0 aliphatic heterocycles. The van der Waals surface area contributed by atoms with E-state index in [2.05, 4.69) is 20.9 Å². The molecule has 0 fully saturated rings. The zero-order valence-corrected chi connectivity index (χ0v) is 19.2. The number of amides is 1. The van der Waals surface area contributed by atoms with Gasteiger partial charge in [0.05, 0.1) is 16.7 Å². The van der Waals surface area contributed by atoms with Crippen LogP contribution in [0.15, 0.2) is 63.0 Å². The summed E-state index contributed by atoms with van der Waals surface area (Å²) in [6, 6.07) is 15.5. The average Bonchev–Trinajstić information content (AvgIpc) is 2.71.